The molecule has 0 saturated carbocycles. The van der Waals surface area contributed by atoms with Crippen molar-refractivity contribution in [2.24, 2.45) is 5.73 Å². The summed E-state index contributed by atoms with van der Waals surface area (Å²) in [6.07, 6.45) is 0. The van der Waals surface area contributed by atoms with Crippen LogP contribution in [0.1, 0.15) is 10.4 Å². The van der Waals surface area contributed by atoms with E-state index >= 15 is 0 Å². The van der Waals surface area contributed by atoms with Crippen LogP contribution < -0.4 is 11.1 Å². The highest BCUT2D eigenvalue weighted by molar-refractivity contribution is 5.96. The van der Waals surface area contributed by atoms with Gasteiger partial charge in [-0.15, -0.1) is 0 Å². The molecule has 0 aliphatic carbocycles. The molecule has 0 spiro atoms. The summed E-state index contributed by atoms with van der Waals surface area (Å²) in [5.41, 5.74) is 5.39. The van der Waals surface area contributed by atoms with Crippen molar-refractivity contribution in [1.29, 1.82) is 0 Å². The molecule has 0 atom stereocenters. The second kappa shape index (κ2) is 6.39. The van der Waals surface area contributed by atoms with Crippen LogP contribution in [0.25, 0.3) is 0 Å². The SMILES string of the molecule is CN(CC(=O)NCC(N)=O)C(=O)c1ccccc1. The number of carbonyl (C=O) groups excluding carboxylic acids is 3. The van der Waals surface area contributed by atoms with Gasteiger partial charge in [-0.25, -0.2) is 0 Å². The highest BCUT2D eigenvalue weighted by atomic mass is 16.2. The molecule has 0 radical (unpaired) electrons. The molecule has 3 amide bonds. The summed E-state index contributed by atoms with van der Waals surface area (Å²) in [7, 11) is 1.51. The van der Waals surface area contributed by atoms with Crippen LogP contribution in [0.15, 0.2) is 30.3 Å². The fourth-order valence-electron chi connectivity index (χ4n) is 1.33. The molecule has 1 rings (SSSR count). The first-order valence-electron chi connectivity index (χ1n) is 5.36. The zero-order chi connectivity index (χ0) is 13.5. The number of carbonyl (C=O) groups is 3. The van der Waals surface area contributed by atoms with Crippen molar-refractivity contribution in [2.45, 2.75) is 0 Å². The second-order valence-corrected chi connectivity index (χ2v) is 3.77. The summed E-state index contributed by atoms with van der Waals surface area (Å²) >= 11 is 0. The molecule has 0 saturated heterocycles. The molecule has 18 heavy (non-hydrogen) atoms. The van der Waals surface area contributed by atoms with Crippen LogP contribution in [0, 0.1) is 0 Å². The van der Waals surface area contributed by atoms with Gasteiger partial charge in [0.1, 0.15) is 0 Å². The summed E-state index contributed by atoms with van der Waals surface area (Å²) in [5, 5.41) is 2.31. The van der Waals surface area contributed by atoms with Crippen LogP contribution in [0.4, 0.5) is 0 Å². The predicted molar refractivity (Wildman–Crippen MR) is 65.6 cm³/mol. The quantitative estimate of drug-likeness (QED) is 0.727. The first-order chi connectivity index (χ1) is 8.50. The molecule has 0 fully saturated rings. The lowest BCUT2D eigenvalue weighted by Gasteiger charge is -2.16. The number of nitrogens with two attached hydrogens (primary N) is 1. The van der Waals surface area contributed by atoms with E-state index in [1.807, 2.05) is 0 Å². The zero-order valence-corrected chi connectivity index (χ0v) is 10.1. The van der Waals surface area contributed by atoms with Crippen molar-refractivity contribution in [1.82, 2.24) is 10.2 Å². The van der Waals surface area contributed by atoms with Crippen molar-refractivity contribution in [3.63, 3.8) is 0 Å². The minimum atomic E-state index is -0.625. The van der Waals surface area contributed by atoms with E-state index in [0.29, 0.717) is 5.56 Å². The molecule has 0 aliphatic rings. The van der Waals surface area contributed by atoms with Gasteiger partial charge in [-0.2, -0.15) is 0 Å². The van der Waals surface area contributed by atoms with Crippen molar-refractivity contribution >= 4 is 17.7 Å². The fraction of sp³-hybridized carbons (Fsp3) is 0.250. The maximum atomic E-state index is 11.9. The Hall–Kier alpha value is -2.37. The Balaban J connectivity index is 2.50. The third-order valence-electron chi connectivity index (χ3n) is 2.21. The minimum absolute atomic E-state index is 0.124. The van der Waals surface area contributed by atoms with Crippen LogP contribution in [-0.2, 0) is 9.59 Å². The molecule has 0 aliphatic heterocycles. The molecule has 0 bridgehead atoms. The normalized spacial score (nSPS) is 9.61. The molecular weight excluding hydrogens is 234 g/mol. The van der Waals surface area contributed by atoms with E-state index in [-0.39, 0.29) is 19.0 Å². The van der Waals surface area contributed by atoms with Gasteiger partial charge in [0.2, 0.25) is 11.8 Å². The monoisotopic (exact) mass is 249 g/mol. The molecule has 3 N–H and O–H groups in total. The van der Waals surface area contributed by atoms with Crippen LogP contribution in [0.3, 0.4) is 0 Å². The van der Waals surface area contributed by atoms with E-state index < -0.39 is 11.8 Å². The maximum Gasteiger partial charge on any atom is 0.254 e. The predicted octanol–water partition coefficient (Wildman–Crippen LogP) is -0.640. The molecule has 6 heteroatoms. The summed E-state index contributed by atoms with van der Waals surface area (Å²) < 4.78 is 0. The number of rotatable bonds is 5. The van der Waals surface area contributed by atoms with Crippen LogP contribution >= 0.6 is 0 Å². The summed E-state index contributed by atoms with van der Waals surface area (Å²) in [4.78, 5) is 35.0. The molecule has 6 nitrogen and oxygen atoms in total. The second-order valence-electron chi connectivity index (χ2n) is 3.77. The van der Waals surface area contributed by atoms with E-state index in [4.69, 9.17) is 5.73 Å². The lowest BCUT2D eigenvalue weighted by Crippen LogP contribution is -2.41. The molecule has 1 aromatic carbocycles. The van der Waals surface area contributed by atoms with Gasteiger partial charge in [0.25, 0.3) is 5.91 Å². The highest BCUT2D eigenvalue weighted by Crippen LogP contribution is 2.02. The first-order valence-corrected chi connectivity index (χ1v) is 5.36. The maximum absolute atomic E-state index is 11.9. The average Bonchev–Trinajstić information content (AvgIpc) is 2.36. The Morgan fingerprint density at radius 1 is 1.22 bits per heavy atom. The number of benzene rings is 1. The van der Waals surface area contributed by atoms with Gasteiger partial charge in [0, 0.05) is 12.6 Å². The highest BCUT2D eigenvalue weighted by Gasteiger charge is 2.14. The Bertz CT molecular complexity index is 445. The number of hydrogen-bond donors (Lipinski definition) is 2. The van der Waals surface area contributed by atoms with Gasteiger partial charge in [-0.1, -0.05) is 18.2 Å². The Labute approximate surface area is 105 Å². The third-order valence-corrected chi connectivity index (χ3v) is 2.21. The van der Waals surface area contributed by atoms with Crippen molar-refractivity contribution < 1.29 is 14.4 Å². The smallest absolute Gasteiger partial charge is 0.254 e. The number of nitrogens with zero attached hydrogens (tertiary/aromatic N) is 1. The van der Waals surface area contributed by atoms with Crippen LogP contribution in [0.5, 0.6) is 0 Å². The first kappa shape index (κ1) is 13.7. The lowest BCUT2D eigenvalue weighted by atomic mass is 10.2. The Morgan fingerprint density at radius 2 is 1.83 bits per heavy atom. The van der Waals surface area contributed by atoms with E-state index in [1.165, 1.54) is 11.9 Å². The molecule has 0 unspecified atom stereocenters. The zero-order valence-electron chi connectivity index (χ0n) is 10.1. The molecule has 96 valence electrons. The number of nitrogens with one attached hydrogen (secondary N) is 1. The number of amides is 3. The molecule has 0 heterocycles. The van der Waals surface area contributed by atoms with Gasteiger partial charge < -0.3 is 16.0 Å². The third kappa shape index (κ3) is 4.25. The Kier molecular flexibility index (Phi) is 4.86. The summed E-state index contributed by atoms with van der Waals surface area (Å²) in [5.74, 6) is -1.31. The van der Waals surface area contributed by atoms with Gasteiger partial charge in [-0.3, -0.25) is 14.4 Å². The molecular formula is C12H15N3O3. The average molecular weight is 249 g/mol. The standard InChI is InChI=1S/C12H15N3O3/c1-15(8-11(17)14-7-10(13)16)12(18)9-5-3-2-4-6-9/h2-6H,7-8H2,1H3,(H2,13,16)(H,14,17). The topological polar surface area (TPSA) is 92.5 Å². The van der Waals surface area contributed by atoms with E-state index in [2.05, 4.69) is 5.32 Å². The number of likely N-dealkylation sites (N-methyl/N-ethyl adjacent to an activating group) is 1. The van der Waals surface area contributed by atoms with Crippen molar-refractivity contribution in [2.75, 3.05) is 20.1 Å². The molecule has 1 aromatic rings. The molecule has 0 aromatic heterocycles. The van der Waals surface area contributed by atoms with Gasteiger partial charge >= 0.3 is 0 Å². The largest absolute Gasteiger partial charge is 0.368 e. The number of primary amides is 1. The van der Waals surface area contributed by atoms with E-state index in [0.717, 1.165) is 0 Å². The van der Waals surface area contributed by atoms with E-state index in [1.54, 1.807) is 30.3 Å². The van der Waals surface area contributed by atoms with Gasteiger partial charge in [0.05, 0.1) is 13.1 Å². The van der Waals surface area contributed by atoms with Gasteiger partial charge in [0.15, 0.2) is 0 Å². The minimum Gasteiger partial charge on any atom is -0.368 e. The Morgan fingerprint density at radius 3 is 2.39 bits per heavy atom. The summed E-state index contributed by atoms with van der Waals surface area (Å²) in [6.45, 7) is -0.354. The number of hydrogen-bond acceptors (Lipinski definition) is 3. The van der Waals surface area contributed by atoms with Crippen molar-refractivity contribution in [3.05, 3.63) is 35.9 Å². The van der Waals surface area contributed by atoms with Gasteiger partial charge in [-0.05, 0) is 12.1 Å². The summed E-state index contributed by atoms with van der Waals surface area (Å²) in [6, 6.07) is 8.62. The lowest BCUT2D eigenvalue weighted by molar-refractivity contribution is -0.125. The van der Waals surface area contributed by atoms with Crippen LogP contribution in [0.2, 0.25) is 0 Å². The fourth-order valence-corrected chi connectivity index (χ4v) is 1.33. The van der Waals surface area contributed by atoms with Crippen LogP contribution in [-0.4, -0.2) is 42.8 Å². The van der Waals surface area contributed by atoms with E-state index in [9.17, 15) is 14.4 Å². The van der Waals surface area contributed by atoms with Crippen molar-refractivity contribution in [3.8, 4) is 0 Å².